The van der Waals surface area contributed by atoms with Crippen LogP contribution in [-0.2, 0) is 0 Å². The summed E-state index contributed by atoms with van der Waals surface area (Å²) in [6, 6.07) is 9.60. The Morgan fingerprint density at radius 1 is 0.655 bits per heavy atom. The summed E-state index contributed by atoms with van der Waals surface area (Å²) in [6.45, 7) is 4.38. The molecule has 0 aliphatic rings. The third kappa shape index (κ3) is 26.7. The van der Waals surface area contributed by atoms with Crippen LogP contribution in [0.1, 0.15) is 104 Å². The lowest BCUT2D eigenvalue weighted by molar-refractivity contribution is 0.535. The number of hydrogen-bond donors (Lipinski definition) is 1. The molecular formula is C26H45ClN2. The number of hydrogen-bond acceptors (Lipinski definition) is 1. The molecule has 29 heavy (non-hydrogen) atoms. The van der Waals surface area contributed by atoms with Crippen LogP contribution in [0.25, 0.3) is 0 Å². The summed E-state index contributed by atoms with van der Waals surface area (Å²) in [7, 11) is 0. The molecule has 0 bridgehead atoms. The van der Waals surface area contributed by atoms with Gasteiger partial charge in [0, 0.05) is 30.2 Å². The Bertz CT molecular complexity index is 427. The zero-order valence-electron chi connectivity index (χ0n) is 19.0. The van der Waals surface area contributed by atoms with E-state index >= 15 is 0 Å². The molecule has 166 valence electrons. The topological polar surface area (TPSA) is 28.7 Å². The van der Waals surface area contributed by atoms with E-state index in [-0.39, 0.29) is 0 Å². The van der Waals surface area contributed by atoms with E-state index in [0.717, 1.165) is 0 Å². The minimum Gasteiger partial charge on any atom is -0.368 e. The van der Waals surface area contributed by atoms with Crippen molar-refractivity contribution >= 4 is 11.6 Å². The maximum atomic E-state index is 5.92. The molecule has 2 heterocycles. The molecule has 0 fully saturated rings. The van der Waals surface area contributed by atoms with Crippen LogP contribution >= 0.6 is 11.6 Å². The molecule has 0 saturated heterocycles. The van der Waals surface area contributed by atoms with Crippen LogP contribution in [0.2, 0.25) is 0 Å². The van der Waals surface area contributed by atoms with E-state index in [1.165, 1.54) is 89.9 Å². The zero-order chi connectivity index (χ0) is 21.3. The van der Waals surface area contributed by atoms with Crippen LogP contribution in [0.4, 0.5) is 0 Å². The standard InChI is InChI=1S/C17H35Cl.C5H5N.C4H5N/c1-3-4-5-6-7-8-9-10-11-12-13-14-15-16-17(2)18;1-2-4-6-5-3-1;1-2-4-5-3-1/h17H,3-16H2,1-2H3;1-5H;1-5H. The number of aromatic nitrogens is 2. The second-order valence-corrected chi connectivity index (χ2v) is 8.47. The average molecular weight is 421 g/mol. The van der Waals surface area contributed by atoms with Gasteiger partial charge in [0.2, 0.25) is 0 Å². The Hall–Kier alpha value is -1.28. The van der Waals surface area contributed by atoms with E-state index in [2.05, 4.69) is 23.8 Å². The number of nitrogens with one attached hydrogen (secondary N) is 1. The Morgan fingerprint density at radius 2 is 1.10 bits per heavy atom. The largest absolute Gasteiger partial charge is 0.368 e. The van der Waals surface area contributed by atoms with Crippen LogP contribution in [0, 0.1) is 0 Å². The number of alkyl halides is 1. The summed E-state index contributed by atoms with van der Waals surface area (Å²) >= 11 is 5.92. The number of unbranched alkanes of at least 4 members (excludes halogenated alkanes) is 12. The van der Waals surface area contributed by atoms with E-state index in [4.69, 9.17) is 11.6 Å². The predicted octanol–water partition coefficient (Wildman–Crippen LogP) is 9.19. The van der Waals surface area contributed by atoms with Gasteiger partial charge in [-0.3, -0.25) is 4.98 Å². The quantitative estimate of drug-likeness (QED) is 0.239. The molecule has 0 aliphatic heterocycles. The molecule has 1 unspecified atom stereocenters. The highest BCUT2D eigenvalue weighted by molar-refractivity contribution is 6.20. The first-order valence-corrected chi connectivity index (χ1v) is 12.3. The molecule has 2 aromatic heterocycles. The fourth-order valence-electron chi connectivity index (χ4n) is 3.03. The van der Waals surface area contributed by atoms with Crippen molar-refractivity contribution in [2.45, 2.75) is 109 Å². The van der Waals surface area contributed by atoms with E-state index in [9.17, 15) is 0 Å². The molecule has 2 aromatic rings. The maximum Gasteiger partial charge on any atom is 0.0307 e. The second kappa shape index (κ2) is 24.8. The van der Waals surface area contributed by atoms with Gasteiger partial charge < -0.3 is 4.98 Å². The highest BCUT2D eigenvalue weighted by atomic mass is 35.5. The van der Waals surface area contributed by atoms with Crippen molar-refractivity contribution < 1.29 is 0 Å². The van der Waals surface area contributed by atoms with E-state index in [1.807, 2.05) is 42.7 Å². The van der Waals surface area contributed by atoms with Crippen LogP contribution < -0.4 is 0 Å². The van der Waals surface area contributed by atoms with Gasteiger partial charge in [0.1, 0.15) is 0 Å². The van der Waals surface area contributed by atoms with Crippen LogP contribution in [0.15, 0.2) is 55.1 Å². The van der Waals surface area contributed by atoms with Gasteiger partial charge in [-0.05, 0) is 37.6 Å². The fourth-order valence-corrected chi connectivity index (χ4v) is 3.19. The molecule has 2 rings (SSSR count). The Kier molecular flexibility index (Phi) is 23.7. The molecular weight excluding hydrogens is 376 g/mol. The molecule has 0 aromatic carbocycles. The predicted molar refractivity (Wildman–Crippen MR) is 131 cm³/mol. The summed E-state index contributed by atoms with van der Waals surface area (Å²) in [4.78, 5) is 6.65. The van der Waals surface area contributed by atoms with Crippen molar-refractivity contribution in [1.29, 1.82) is 0 Å². The Labute approximate surface area is 185 Å². The number of H-pyrrole nitrogens is 1. The Balaban J connectivity index is 0.000000564. The van der Waals surface area contributed by atoms with E-state index in [1.54, 1.807) is 12.4 Å². The van der Waals surface area contributed by atoms with Gasteiger partial charge in [-0.25, -0.2) is 0 Å². The first kappa shape index (κ1) is 27.7. The summed E-state index contributed by atoms with van der Waals surface area (Å²) in [5, 5.41) is 0.373. The van der Waals surface area contributed by atoms with Crippen molar-refractivity contribution in [3.63, 3.8) is 0 Å². The number of halogens is 1. The van der Waals surface area contributed by atoms with Crippen molar-refractivity contribution in [1.82, 2.24) is 9.97 Å². The van der Waals surface area contributed by atoms with E-state index in [0.29, 0.717) is 5.38 Å². The number of pyridine rings is 1. The molecule has 1 N–H and O–H groups in total. The van der Waals surface area contributed by atoms with E-state index < -0.39 is 0 Å². The third-order valence-electron chi connectivity index (χ3n) is 4.77. The van der Waals surface area contributed by atoms with Crippen molar-refractivity contribution in [2.24, 2.45) is 0 Å². The molecule has 0 amide bonds. The third-order valence-corrected chi connectivity index (χ3v) is 4.99. The summed E-state index contributed by atoms with van der Waals surface area (Å²) in [5.41, 5.74) is 0. The monoisotopic (exact) mass is 420 g/mol. The van der Waals surface area contributed by atoms with Gasteiger partial charge in [-0.2, -0.15) is 0 Å². The molecule has 2 nitrogen and oxygen atoms in total. The molecule has 0 radical (unpaired) electrons. The lowest BCUT2D eigenvalue weighted by atomic mass is 10.0. The lowest BCUT2D eigenvalue weighted by Crippen LogP contribution is -1.90. The SMILES string of the molecule is CCCCCCCCCCCCCCCC(C)Cl.c1cc[nH]c1.c1ccncc1. The van der Waals surface area contributed by atoms with Crippen molar-refractivity contribution in [3.05, 3.63) is 55.1 Å². The summed E-state index contributed by atoms with van der Waals surface area (Å²) in [6.07, 6.45) is 27.0. The number of aromatic amines is 1. The van der Waals surface area contributed by atoms with Crippen LogP contribution in [0.3, 0.4) is 0 Å². The molecule has 1 atom stereocenters. The summed E-state index contributed by atoms with van der Waals surface area (Å²) < 4.78 is 0. The number of rotatable bonds is 14. The minimum atomic E-state index is 0.373. The molecule has 0 aliphatic carbocycles. The van der Waals surface area contributed by atoms with Gasteiger partial charge in [0.05, 0.1) is 0 Å². The van der Waals surface area contributed by atoms with Crippen LogP contribution in [-0.4, -0.2) is 15.3 Å². The fraction of sp³-hybridized carbons (Fsp3) is 0.654. The van der Waals surface area contributed by atoms with Gasteiger partial charge in [0.15, 0.2) is 0 Å². The van der Waals surface area contributed by atoms with Gasteiger partial charge in [-0.15, -0.1) is 11.6 Å². The normalized spacial score (nSPS) is 11.0. The van der Waals surface area contributed by atoms with Gasteiger partial charge in [0.25, 0.3) is 0 Å². The highest BCUT2D eigenvalue weighted by Gasteiger charge is 1.96. The number of nitrogens with zero attached hydrogens (tertiary/aromatic N) is 1. The highest BCUT2D eigenvalue weighted by Crippen LogP contribution is 2.14. The smallest absolute Gasteiger partial charge is 0.0307 e. The zero-order valence-corrected chi connectivity index (χ0v) is 19.8. The maximum absolute atomic E-state index is 5.92. The minimum absolute atomic E-state index is 0.373. The van der Waals surface area contributed by atoms with Gasteiger partial charge >= 0.3 is 0 Å². The molecule has 0 spiro atoms. The summed E-state index contributed by atoms with van der Waals surface area (Å²) in [5.74, 6) is 0. The van der Waals surface area contributed by atoms with Crippen molar-refractivity contribution in [2.75, 3.05) is 0 Å². The lowest BCUT2D eigenvalue weighted by Gasteiger charge is -2.04. The second-order valence-electron chi connectivity index (χ2n) is 7.72. The molecule has 3 heteroatoms. The first-order chi connectivity index (χ1) is 14.3. The van der Waals surface area contributed by atoms with Crippen LogP contribution in [0.5, 0.6) is 0 Å². The average Bonchev–Trinajstić information content (AvgIpc) is 3.33. The Morgan fingerprint density at radius 3 is 1.38 bits per heavy atom. The molecule has 0 saturated carbocycles. The first-order valence-electron chi connectivity index (χ1n) is 11.8. The van der Waals surface area contributed by atoms with Crippen molar-refractivity contribution in [3.8, 4) is 0 Å². The van der Waals surface area contributed by atoms with Gasteiger partial charge in [-0.1, -0.05) is 96.5 Å².